The Morgan fingerprint density at radius 2 is 1.48 bits per heavy atom. The van der Waals surface area contributed by atoms with Crippen molar-refractivity contribution in [3.05, 3.63) is 102 Å². The summed E-state index contributed by atoms with van der Waals surface area (Å²) in [5.41, 5.74) is 2.10. The number of alkyl carbamates (subject to hydrolysis) is 1. The van der Waals surface area contributed by atoms with Gasteiger partial charge in [-0.1, -0.05) is 93.6 Å². The molecule has 0 aliphatic rings. The molecule has 1 aromatic heterocycles. The molecule has 4 amide bonds. The maximum atomic E-state index is 14.1. The number of carbonyl (C=O) groups excluding carboxylic acids is 4. The van der Waals surface area contributed by atoms with Gasteiger partial charge in [0, 0.05) is 25.1 Å². The number of aromatic amines is 1. The number of nitrogens with one attached hydrogen (secondary N) is 5. The van der Waals surface area contributed by atoms with Gasteiger partial charge in [0.2, 0.25) is 11.8 Å². The van der Waals surface area contributed by atoms with Crippen LogP contribution in [-0.4, -0.2) is 69.2 Å². The SMILES string of the molecule is CCC(C)NC(=O)[C@@H](O)[C@H](CC(C)C)NC(=O)[C@H](Cc1c[nH]cn1)NC(=O)[C@H](Cc1cccc2ccccc12)NC(=O)OCc1ccccc1. The molecule has 1 unspecified atom stereocenters. The van der Waals surface area contributed by atoms with E-state index in [1.807, 2.05) is 100 Å². The molecule has 1 heterocycles. The van der Waals surface area contributed by atoms with Gasteiger partial charge in [-0.15, -0.1) is 0 Å². The van der Waals surface area contributed by atoms with Crippen LogP contribution in [-0.2, 0) is 38.6 Å². The van der Waals surface area contributed by atoms with Gasteiger partial charge >= 0.3 is 6.09 Å². The number of hydrogen-bond donors (Lipinski definition) is 6. The molecule has 0 aliphatic heterocycles. The van der Waals surface area contributed by atoms with Crippen molar-refractivity contribution in [2.24, 2.45) is 5.92 Å². The lowest BCUT2D eigenvalue weighted by atomic mass is 9.97. The summed E-state index contributed by atoms with van der Waals surface area (Å²) in [7, 11) is 0. The number of aromatic nitrogens is 2. The number of nitrogens with zero attached hydrogens (tertiary/aromatic N) is 1. The Kier molecular flexibility index (Phi) is 13.9. The number of H-pyrrole nitrogens is 1. The van der Waals surface area contributed by atoms with E-state index in [1.165, 1.54) is 6.33 Å². The highest BCUT2D eigenvalue weighted by atomic mass is 16.5. The first-order valence-electron chi connectivity index (χ1n) is 17.0. The van der Waals surface area contributed by atoms with Crippen molar-refractivity contribution in [3.8, 4) is 0 Å². The number of ether oxygens (including phenoxy) is 1. The highest BCUT2D eigenvalue weighted by molar-refractivity contribution is 5.93. The number of carbonyl (C=O) groups is 4. The molecule has 50 heavy (non-hydrogen) atoms. The summed E-state index contributed by atoms with van der Waals surface area (Å²) in [6.45, 7) is 7.59. The van der Waals surface area contributed by atoms with Crippen LogP contribution in [0.5, 0.6) is 0 Å². The largest absolute Gasteiger partial charge is 0.445 e. The van der Waals surface area contributed by atoms with Gasteiger partial charge in [0.1, 0.15) is 18.7 Å². The van der Waals surface area contributed by atoms with Crippen molar-refractivity contribution in [1.29, 1.82) is 0 Å². The lowest BCUT2D eigenvalue weighted by Crippen LogP contribution is -2.59. The molecule has 3 aromatic carbocycles. The van der Waals surface area contributed by atoms with Crippen molar-refractivity contribution < 1.29 is 29.0 Å². The molecule has 6 N–H and O–H groups in total. The fourth-order valence-electron chi connectivity index (χ4n) is 5.57. The summed E-state index contributed by atoms with van der Waals surface area (Å²) in [5.74, 6) is -1.80. The summed E-state index contributed by atoms with van der Waals surface area (Å²) in [4.78, 5) is 61.1. The van der Waals surface area contributed by atoms with Gasteiger partial charge in [-0.05, 0) is 47.6 Å². The van der Waals surface area contributed by atoms with Crippen LogP contribution in [0.2, 0.25) is 0 Å². The number of amides is 4. The summed E-state index contributed by atoms with van der Waals surface area (Å²) >= 11 is 0. The number of aliphatic hydroxyl groups is 1. The first kappa shape index (κ1) is 37.6. The van der Waals surface area contributed by atoms with Gasteiger partial charge in [-0.2, -0.15) is 0 Å². The summed E-state index contributed by atoms with van der Waals surface area (Å²) in [6.07, 6.45) is 1.85. The normalized spacial score (nSPS) is 14.2. The number of hydrogen-bond acceptors (Lipinski definition) is 7. The topological polar surface area (TPSA) is 175 Å². The number of imidazole rings is 1. The number of fused-ring (bicyclic) bond motifs is 1. The number of aliphatic hydroxyl groups excluding tert-OH is 1. The first-order valence-corrected chi connectivity index (χ1v) is 17.0. The average Bonchev–Trinajstić information content (AvgIpc) is 3.63. The maximum Gasteiger partial charge on any atom is 0.408 e. The zero-order chi connectivity index (χ0) is 36.0. The molecule has 0 saturated heterocycles. The summed E-state index contributed by atoms with van der Waals surface area (Å²) in [5, 5.41) is 24.0. The van der Waals surface area contributed by atoms with E-state index >= 15 is 0 Å². The van der Waals surface area contributed by atoms with Crippen LogP contribution in [0.4, 0.5) is 4.79 Å². The minimum absolute atomic E-state index is 0.00362. The zero-order valence-electron chi connectivity index (χ0n) is 29.0. The zero-order valence-corrected chi connectivity index (χ0v) is 29.0. The van der Waals surface area contributed by atoms with E-state index in [1.54, 1.807) is 6.20 Å². The van der Waals surface area contributed by atoms with E-state index in [0.29, 0.717) is 18.5 Å². The molecule has 0 saturated carbocycles. The second-order valence-electron chi connectivity index (χ2n) is 12.9. The number of benzene rings is 3. The van der Waals surface area contributed by atoms with Crippen LogP contribution in [0.25, 0.3) is 10.8 Å². The van der Waals surface area contributed by atoms with Gasteiger partial charge < -0.3 is 36.1 Å². The molecule has 0 bridgehead atoms. The molecule has 12 nitrogen and oxygen atoms in total. The Morgan fingerprint density at radius 3 is 2.18 bits per heavy atom. The molecular weight excluding hydrogens is 636 g/mol. The Balaban J connectivity index is 1.58. The van der Waals surface area contributed by atoms with Gasteiger partial charge in [-0.25, -0.2) is 9.78 Å². The van der Waals surface area contributed by atoms with E-state index in [2.05, 4.69) is 31.2 Å². The van der Waals surface area contributed by atoms with Crippen LogP contribution in [0, 0.1) is 5.92 Å². The second-order valence-corrected chi connectivity index (χ2v) is 12.9. The monoisotopic (exact) mass is 684 g/mol. The minimum Gasteiger partial charge on any atom is -0.445 e. The van der Waals surface area contributed by atoms with Crippen LogP contribution in [0.1, 0.15) is 57.4 Å². The van der Waals surface area contributed by atoms with Crippen LogP contribution < -0.4 is 21.3 Å². The molecule has 266 valence electrons. The molecule has 12 heteroatoms. The molecule has 0 aliphatic carbocycles. The second kappa shape index (κ2) is 18.5. The van der Waals surface area contributed by atoms with Crippen molar-refractivity contribution in [1.82, 2.24) is 31.2 Å². The van der Waals surface area contributed by atoms with E-state index < -0.39 is 48.0 Å². The predicted molar refractivity (Wildman–Crippen MR) is 191 cm³/mol. The van der Waals surface area contributed by atoms with Crippen molar-refractivity contribution in [2.45, 2.75) is 90.3 Å². The van der Waals surface area contributed by atoms with E-state index in [0.717, 1.165) is 21.9 Å². The van der Waals surface area contributed by atoms with Crippen molar-refractivity contribution in [3.63, 3.8) is 0 Å². The molecule has 0 radical (unpaired) electrons. The van der Waals surface area contributed by atoms with Crippen molar-refractivity contribution in [2.75, 3.05) is 0 Å². The average molecular weight is 685 g/mol. The van der Waals surface area contributed by atoms with Gasteiger partial charge in [0.25, 0.3) is 5.91 Å². The summed E-state index contributed by atoms with van der Waals surface area (Å²) in [6, 6.07) is 19.2. The molecule has 5 atom stereocenters. The fourth-order valence-corrected chi connectivity index (χ4v) is 5.57. The Hall–Kier alpha value is -5.23. The first-order chi connectivity index (χ1) is 24.0. The third-order valence-electron chi connectivity index (χ3n) is 8.43. The highest BCUT2D eigenvalue weighted by Crippen LogP contribution is 2.20. The lowest BCUT2D eigenvalue weighted by molar-refractivity contribution is -0.135. The van der Waals surface area contributed by atoms with E-state index in [9.17, 15) is 24.3 Å². The molecular formula is C38H48N6O6. The van der Waals surface area contributed by atoms with E-state index in [4.69, 9.17) is 4.74 Å². The van der Waals surface area contributed by atoms with Gasteiger partial charge in [0.15, 0.2) is 6.10 Å². The van der Waals surface area contributed by atoms with E-state index in [-0.39, 0.29) is 31.4 Å². The molecule has 0 spiro atoms. The quantitative estimate of drug-likeness (QED) is 0.0977. The molecule has 0 fully saturated rings. The van der Waals surface area contributed by atoms with Crippen LogP contribution in [0.3, 0.4) is 0 Å². The van der Waals surface area contributed by atoms with Gasteiger partial charge in [-0.3, -0.25) is 14.4 Å². The lowest BCUT2D eigenvalue weighted by Gasteiger charge is -2.29. The third-order valence-corrected chi connectivity index (χ3v) is 8.43. The van der Waals surface area contributed by atoms with Crippen molar-refractivity contribution >= 4 is 34.6 Å². The fraction of sp³-hybridized carbons (Fsp3) is 0.395. The van der Waals surface area contributed by atoms with Crippen LogP contribution >= 0.6 is 0 Å². The summed E-state index contributed by atoms with van der Waals surface area (Å²) < 4.78 is 5.46. The van der Waals surface area contributed by atoms with Gasteiger partial charge in [0.05, 0.1) is 18.1 Å². The standard InChI is InChI=1S/C38H48N6O6/c1-5-25(4)41-37(48)34(45)31(18-24(2)3)42-36(47)33(20-29-21-39-23-40-29)43-35(46)32(44-38(49)50-22-26-12-7-6-8-13-26)19-28-16-11-15-27-14-9-10-17-30(27)28/h6-17,21,23-25,31-34,45H,5,18-20,22H2,1-4H3,(H,39,40)(H,41,48)(H,42,47)(H,43,46)(H,44,49)/t25?,31-,32-,33-,34-/m0/s1. The Labute approximate surface area is 292 Å². The van der Waals surface area contributed by atoms with Crippen LogP contribution in [0.15, 0.2) is 85.3 Å². The number of rotatable bonds is 17. The predicted octanol–water partition coefficient (Wildman–Crippen LogP) is 3.93. The highest BCUT2D eigenvalue weighted by Gasteiger charge is 2.33. The smallest absolute Gasteiger partial charge is 0.408 e. The maximum absolute atomic E-state index is 14.1. The third kappa shape index (κ3) is 11.2. The minimum atomic E-state index is -1.52. The Bertz CT molecular complexity index is 1690. The molecule has 4 aromatic rings. The molecule has 4 rings (SSSR count). The Morgan fingerprint density at radius 1 is 0.800 bits per heavy atom.